The summed E-state index contributed by atoms with van der Waals surface area (Å²) < 4.78 is 5.17. The fourth-order valence-corrected chi connectivity index (χ4v) is 4.44. The maximum atomic E-state index is 13.2. The maximum absolute atomic E-state index is 13.2. The largest absolute Gasteiger partial charge is 0.480 e. The molecule has 0 radical (unpaired) electrons. The number of nitrogens with one attached hydrogen (secondary N) is 2. The van der Waals surface area contributed by atoms with E-state index >= 15 is 0 Å². The topological polar surface area (TPSA) is 171 Å². The third-order valence-corrected chi connectivity index (χ3v) is 6.39. The summed E-state index contributed by atoms with van der Waals surface area (Å²) >= 11 is 0. The molecule has 1 aliphatic heterocycles. The number of carboxylic acids is 1. The van der Waals surface area contributed by atoms with Crippen LogP contribution in [0.3, 0.4) is 0 Å². The number of carbonyl (C=O) groups excluding carboxylic acids is 3. The number of rotatable bonds is 13. The Labute approximate surface area is 221 Å². The van der Waals surface area contributed by atoms with Gasteiger partial charge >= 0.3 is 12.1 Å². The number of carbonyl (C=O) groups is 4. The number of alkyl carbamates (subject to hydrolysis) is 1. The van der Waals surface area contributed by atoms with Gasteiger partial charge < -0.3 is 31.3 Å². The second-order valence-electron chi connectivity index (χ2n) is 9.29. The van der Waals surface area contributed by atoms with Crippen molar-refractivity contribution in [3.8, 4) is 0 Å². The highest BCUT2D eigenvalue weighted by Crippen LogP contribution is 2.19. The molecule has 0 bridgehead atoms. The number of nitrogens with zero attached hydrogens (tertiary/aromatic N) is 1. The number of amides is 3. The van der Waals surface area contributed by atoms with Crippen LogP contribution in [-0.2, 0) is 32.1 Å². The summed E-state index contributed by atoms with van der Waals surface area (Å²) in [6, 6.07) is 15.2. The van der Waals surface area contributed by atoms with E-state index in [2.05, 4.69) is 10.6 Å². The molecule has 1 saturated heterocycles. The number of benzene rings is 2. The minimum Gasteiger partial charge on any atom is -0.480 e. The molecule has 204 valence electrons. The second kappa shape index (κ2) is 14.1. The van der Waals surface area contributed by atoms with Gasteiger partial charge in [-0.1, -0.05) is 60.7 Å². The molecule has 1 aliphatic rings. The zero-order chi connectivity index (χ0) is 27.5. The lowest BCUT2D eigenvalue weighted by Gasteiger charge is -2.31. The zero-order valence-corrected chi connectivity index (χ0v) is 21.0. The molecular weight excluding hydrogens is 492 g/mol. The first kappa shape index (κ1) is 28.6. The Morgan fingerprint density at radius 3 is 2.24 bits per heavy atom. The van der Waals surface area contributed by atoms with E-state index in [0.717, 1.165) is 11.1 Å². The average molecular weight is 527 g/mol. The van der Waals surface area contributed by atoms with Gasteiger partial charge in [0.25, 0.3) is 0 Å². The van der Waals surface area contributed by atoms with Crippen LogP contribution in [0.2, 0.25) is 0 Å². The third-order valence-electron chi connectivity index (χ3n) is 6.39. The summed E-state index contributed by atoms with van der Waals surface area (Å²) in [5.41, 5.74) is 6.89. The summed E-state index contributed by atoms with van der Waals surface area (Å²) in [6.07, 6.45) is -1.10. The van der Waals surface area contributed by atoms with E-state index < -0.39 is 54.5 Å². The van der Waals surface area contributed by atoms with Gasteiger partial charge in [0.2, 0.25) is 11.8 Å². The number of carboxylic acid groups (broad SMARTS) is 1. The molecule has 6 N–H and O–H groups in total. The van der Waals surface area contributed by atoms with Crippen molar-refractivity contribution in [1.29, 1.82) is 0 Å². The number of aliphatic hydroxyl groups is 1. The first-order valence-electron chi connectivity index (χ1n) is 12.5. The van der Waals surface area contributed by atoms with E-state index in [4.69, 9.17) is 10.5 Å². The van der Waals surface area contributed by atoms with Gasteiger partial charge in [-0.25, -0.2) is 4.79 Å². The molecule has 1 fully saturated rings. The summed E-state index contributed by atoms with van der Waals surface area (Å²) in [5, 5.41) is 25.7. The molecule has 2 aromatic carbocycles. The van der Waals surface area contributed by atoms with E-state index in [1.165, 1.54) is 0 Å². The number of hydrogen-bond donors (Lipinski definition) is 5. The Morgan fingerprint density at radius 1 is 1.00 bits per heavy atom. The van der Waals surface area contributed by atoms with Gasteiger partial charge in [-0.3, -0.25) is 19.3 Å². The summed E-state index contributed by atoms with van der Waals surface area (Å²) in [4.78, 5) is 50.5. The van der Waals surface area contributed by atoms with Crippen LogP contribution in [-0.4, -0.2) is 76.3 Å². The van der Waals surface area contributed by atoms with Crippen molar-refractivity contribution in [2.45, 2.75) is 56.5 Å². The maximum Gasteiger partial charge on any atom is 0.408 e. The van der Waals surface area contributed by atoms with E-state index in [-0.39, 0.29) is 19.6 Å². The number of aliphatic carboxylic acids is 1. The Balaban J connectivity index is 1.69. The van der Waals surface area contributed by atoms with Gasteiger partial charge in [0.05, 0.1) is 18.6 Å². The van der Waals surface area contributed by atoms with E-state index in [0.29, 0.717) is 19.4 Å². The lowest BCUT2D eigenvalue weighted by atomic mass is 9.99. The van der Waals surface area contributed by atoms with Crippen molar-refractivity contribution < 1.29 is 34.1 Å². The van der Waals surface area contributed by atoms with Crippen LogP contribution in [0, 0.1) is 0 Å². The van der Waals surface area contributed by atoms with Crippen molar-refractivity contribution >= 4 is 23.9 Å². The molecule has 11 heteroatoms. The van der Waals surface area contributed by atoms with Gasteiger partial charge in [-0.2, -0.15) is 0 Å². The Bertz CT molecular complexity index is 1080. The highest BCUT2D eigenvalue weighted by atomic mass is 16.5. The molecule has 0 aliphatic carbocycles. The van der Waals surface area contributed by atoms with Crippen LogP contribution in [0.1, 0.15) is 30.4 Å². The Morgan fingerprint density at radius 2 is 1.63 bits per heavy atom. The van der Waals surface area contributed by atoms with E-state index in [1.807, 2.05) is 36.4 Å². The fraction of sp³-hybridized carbons (Fsp3) is 0.407. The molecule has 3 amide bonds. The minimum atomic E-state index is -1.33. The van der Waals surface area contributed by atoms with Gasteiger partial charge in [-0.15, -0.1) is 0 Å². The van der Waals surface area contributed by atoms with Crippen LogP contribution in [0.5, 0.6) is 0 Å². The smallest absolute Gasteiger partial charge is 0.408 e. The predicted molar refractivity (Wildman–Crippen MR) is 138 cm³/mol. The first-order valence-corrected chi connectivity index (χ1v) is 12.5. The molecule has 3 rings (SSSR count). The summed E-state index contributed by atoms with van der Waals surface area (Å²) in [7, 11) is 0. The average Bonchev–Trinajstić information content (AvgIpc) is 3.36. The molecule has 11 nitrogen and oxygen atoms in total. The molecule has 4 atom stereocenters. The van der Waals surface area contributed by atoms with E-state index in [9.17, 15) is 29.4 Å². The Kier molecular flexibility index (Phi) is 10.6. The van der Waals surface area contributed by atoms with Crippen molar-refractivity contribution in [2.75, 3.05) is 13.1 Å². The van der Waals surface area contributed by atoms with E-state index in [1.54, 1.807) is 29.2 Å². The summed E-state index contributed by atoms with van der Waals surface area (Å²) in [5.74, 6) is -2.50. The lowest BCUT2D eigenvalue weighted by Crippen LogP contribution is -2.56. The molecule has 38 heavy (non-hydrogen) atoms. The molecule has 1 heterocycles. The molecule has 2 aromatic rings. The van der Waals surface area contributed by atoms with Gasteiger partial charge in [0.1, 0.15) is 18.7 Å². The number of aliphatic hydroxyl groups excluding tert-OH is 1. The number of hydrogen-bond acceptors (Lipinski definition) is 7. The first-order chi connectivity index (χ1) is 18.2. The highest BCUT2D eigenvalue weighted by Gasteiger charge is 2.35. The van der Waals surface area contributed by atoms with Crippen molar-refractivity contribution in [2.24, 2.45) is 5.73 Å². The predicted octanol–water partition coefficient (Wildman–Crippen LogP) is 0.794. The number of β-amino-alcohol motifs (C(OH)–C–C–N with tert-alkyl or cyclic N) is 1. The quantitative estimate of drug-likeness (QED) is 0.255. The fourth-order valence-electron chi connectivity index (χ4n) is 4.44. The van der Waals surface area contributed by atoms with Crippen molar-refractivity contribution in [1.82, 2.24) is 15.5 Å². The van der Waals surface area contributed by atoms with Crippen LogP contribution < -0.4 is 16.4 Å². The van der Waals surface area contributed by atoms with Gasteiger partial charge in [-0.05, 0) is 36.9 Å². The third kappa shape index (κ3) is 8.86. The minimum absolute atomic E-state index is 0.0295. The molecular formula is C27H34N4O7. The highest BCUT2D eigenvalue weighted by molar-refractivity contribution is 5.90. The molecule has 2 unspecified atom stereocenters. The number of likely N-dealkylation sites (tertiary alicyclic amines) is 1. The van der Waals surface area contributed by atoms with Gasteiger partial charge in [0, 0.05) is 6.54 Å². The number of primary amides is 1. The summed E-state index contributed by atoms with van der Waals surface area (Å²) in [6.45, 7) is 0.508. The van der Waals surface area contributed by atoms with Crippen LogP contribution in [0.15, 0.2) is 60.7 Å². The van der Waals surface area contributed by atoms with Crippen LogP contribution in [0.25, 0.3) is 0 Å². The van der Waals surface area contributed by atoms with Gasteiger partial charge in [0.15, 0.2) is 0 Å². The number of nitrogens with two attached hydrogens (primary N) is 1. The number of ether oxygens (including phenoxy) is 1. The molecule has 0 spiro atoms. The molecule has 0 saturated carbocycles. The normalized spacial score (nSPS) is 17.7. The lowest BCUT2D eigenvalue weighted by molar-refractivity contribution is -0.142. The Hall–Kier alpha value is -3.96. The molecule has 0 aromatic heterocycles. The monoisotopic (exact) mass is 526 g/mol. The zero-order valence-electron chi connectivity index (χ0n) is 21.0. The standard InChI is InChI=1S/C27H34N4O7/c28-24(33)15-21(30-27(37)38-17-19-10-5-2-6-11-19)25(34)29-20(14-18-8-3-1-4-9-18)23(32)16-31-13-7-12-22(31)26(35)36/h1-6,8-11,20-23,32H,7,12-17H2,(H2,28,33)(H,29,34)(H,30,37)(H,35,36)/t20?,21-,22-,23?/m0/s1. The SMILES string of the molecule is NC(=O)C[C@H](NC(=O)OCc1ccccc1)C(=O)NC(Cc1ccccc1)C(O)CN1CCC[C@H]1C(=O)O. The second-order valence-corrected chi connectivity index (χ2v) is 9.29. The van der Waals surface area contributed by atoms with Crippen molar-refractivity contribution in [3.63, 3.8) is 0 Å². The van der Waals surface area contributed by atoms with Crippen LogP contribution >= 0.6 is 0 Å². The van der Waals surface area contributed by atoms with Crippen molar-refractivity contribution in [3.05, 3.63) is 71.8 Å². The van der Waals surface area contributed by atoms with Crippen LogP contribution in [0.4, 0.5) is 4.79 Å².